The second-order valence-corrected chi connectivity index (χ2v) is 7.56. The Labute approximate surface area is 109 Å². The summed E-state index contributed by atoms with van der Waals surface area (Å²) >= 11 is 0. The minimum atomic E-state index is -3.47. The number of nitrogens with zero attached hydrogens (tertiary/aromatic N) is 1. The predicted molar refractivity (Wildman–Crippen MR) is 69.6 cm³/mol. The molecule has 1 heterocycles. The molecular formula is C11H15NO4S2. The second kappa shape index (κ2) is 5.38. The van der Waals surface area contributed by atoms with Crippen LogP contribution >= 0.6 is 0 Å². The molecule has 7 heteroatoms. The number of hydrogen-bond acceptors (Lipinski definition) is 4. The molecule has 0 saturated carbocycles. The molecule has 0 atom stereocenters. The van der Waals surface area contributed by atoms with E-state index in [0.29, 0.717) is 30.3 Å². The maximum atomic E-state index is 12.3. The predicted octanol–water partition coefficient (Wildman–Crippen LogP) is 0.448. The molecule has 1 aliphatic rings. The van der Waals surface area contributed by atoms with Crippen LogP contribution in [-0.4, -0.2) is 48.6 Å². The third-order valence-electron chi connectivity index (χ3n) is 2.83. The van der Waals surface area contributed by atoms with Crippen molar-refractivity contribution in [1.29, 1.82) is 0 Å². The number of benzene rings is 1. The SMILES string of the molecule is COc1ccc(S(=O)(=O)N2CCS(=O)CC2)cc1. The van der Waals surface area contributed by atoms with Crippen molar-refractivity contribution in [1.82, 2.24) is 4.31 Å². The molecule has 0 unspecified atom stereocenters. The molecule has 18 heavy (non-hydrogen) atoms. The number of rotatable bonds is 3. The summed E-state index contributed by atoms with van der Waals surface area (Å²) in [5, 5.41) is 0. The first-order valence-electron chi connectivity index (χ1n) is 5.53. The van der Waals surface area contributed by atoms with E-state index < -0.39 is 20.8 Å². The van der Waals surface area contributed by atoms with E-state index in [1.165, 1.54) is 23.5 Å². The van der Waals surface area contributed by atoms with Gasteiger partial charge in [-0.2, -0.15) is 4.31 Å². The molecule has 1 saturated heterocycles. The molecule has 0 radical (unpaired) electrons. The van der Waals surface area contributed by atoms with Gasteiger partial charge < -0.3 is 4.74 Å². The lowest BCUT2D eigenvalue weighted by molar-refractivity contribution is 0.414. The van der Waals surface area contributed by atoms with Crippen LogP contribution in [0.1, 0.15) is 0 Å². The molecule has 1 aliphatic heterocycles. The molecule has 1 aromatic carbocycles. The van der Waals surface area contributed by atoms with Crippen molar-refractivity contribution in [3.63, 3.8) is 0 Å². The molecule has 0 amide bonds. The van der Waals surface area contributed by atoms with Crippen LogP contribution in [0, 0.1) is 0 Å². The van der Waals surface area contributed by atoms with Crippen LogP contribution in [0.2, 0.25) is 0 Å². The highest BCUT2D eigenvalue weighted by Crippen LogP contribution is 2.20. The van der Waals surface area contributed by atoms with Crippen LogP contribution in [0.5, 0.6) is 5.75 Å². The third kappa shape index (κ3) is 2.73. The summed E-state index contributed by atoms with van der Waals surface area (Å²) in [5.74, 6) is 1.44. The first kappa shape index (κ1) is 13.5. The van der Waals surface area contributed by atoms with Gasteiger partial charge >= 0.3 is 0 Å². The molecule has 1 fully saturated rings. The maximum Gasteiger partial charge on any atom is 0.243 e. The number of hydrogen-bond donors (Lipinski definition) is 0. The van der Waals surface area contributed by atoms with Gasteiger partial charge in [0.2, 0.25) is 10.0 Å². The molecule has 0 spiro atoms. The second-order valence-electron chi connectivity index (χ2n) is 3.93. The zero-order chi connectivity index (χ0) is 13.2. The highest BCUT2D eigenvalue weighted by molar-refractivity contribution is 7.89. The van der Waals surface area contributed by atoms with Crippen molar-refractivity contribution in [2.24, 2.45) is 0 Å². The fourth-order valence-electron chi connectivity index (χ4n) is 1.76. The van der Waals surface area contributed by atoms with E-state index in [1.807, 2.05) is 0 Å². The molecule has 0 bridgehead atoms. The van der Waals surface area contributed by atoms with E-state index >= 15 is 0 Å². The third-order valence-corrected chi connectivity index (χ3v) is 6.02. The average molecular weight is 289 g/mol. The normalized spacial score (nSPS) is 18.7. The molecule has 100 valence electrons. The fraction of sp³-hybridized carbons (Fsp3) is 0.455. The summed E-state index contributed by atoms with van der Waals surface area (Å²) in [7, 11) is -2.82. The minimum absolute atomic E-state index is 0.246. The van der Waals surface area contributed by atoms with Crippen molar-refractivity contribution in [2.75, 3.05) is 31.7 Å². The Morgan fingerprint density at radius 2 is 1.72 bits per heavy atom. The van der Waals surface area contributed by atoms with Crippen LogP contribution in [0.4, 0.5) is 0 Å². The Balaban J connectivity index is 2.21. The molecular weight excluding hydrogens is 274 g/mol. The summed E-state index contributed by atoms with van der Waals surface area (Å²) in [4.78, 5) is 0.246. The number of methoxy groups -OCH3 is 1. The topological polar surface area (TPSA) is 63.7 Å². The first-order chi connectivity index (χ1) is 8.54. The summed E-state index contributed by atoms with van der Waals surface area (Å²) in [5.41, 5.74) is 0. The lowest BCUT2D eigenvalue weighted by Gasteiger charge is -2.25. The Hall–Kier alpha value is -0.920. The van der Waals surface area contributed by atoms with Crippen molar-refractivity contribution < 1.29 is 17.4 Å². The zero-order valence-corrected chi connectivity index (χ0v) is 11.7. The van der Waals surface area contributed by atoms with Crippen molar-refractivity contribution >= 4 is 20.8 Å². The highest BCUT2D eigenvalue weighted by Gasteiger charge is 2.27. The lowest BCUT2D eigenvalue weighted by atomic mass is 10.3. The van der Waals surface area contributed by atoms with E-state index in [1.54, 1.807) is 12.1 Å². The highest BCUT2D eigenvalue weighted by atomic mass is 32.2. The molecule has 5 nitrogen and oxygen atoms in total. The van der Waals surface area contributed by atoms with Crippen molar-refractivity contribution in [3.05, 3.63) is 24.3 Å². The molecule has 0 aliphatic carbocycles. The van der Waals surface area contributed by atoms with Crippen LogP contribution in [0.15, 0.2) is 29.2 Å². The van der Waals surface area contributed by atoms with E-state index in [0.717, 1.165) is 0 Å². The van der Waals surface area contributed by atoms with Gasteiger partial charge in [0, 0.05) is 35.4 Å². The Bertz CT molecular complexity index is 529. The summed E-state index contributed by atoms with van der Waals surface area (Å²) < 4.78 is 42.2. The fourth-order valence-corrected chi connectivity index (χ4v) is 4.48. The molecule has 2 rings (SSSR count). The van der Waals surface area contributed by atoms with Gasteiger partial charge in [0.1, 0.15) is 5.75 Å². The Morgan fingerprint density at radius 1 is 1.17 bits per heavy atom. The minimum Gasteiger partial charge on any atom is -0.497 e. The van der Waals surface area contributed by atoms with Gasteiger partial charge in [0.15, 0.2) is 0 Å². The van der Waals surface area contributed by atoms with E-state index in [2.05, 4.69) is 0 Å². The summed E-state index contributed by atoms with van der Waals surface area (Å²) in [6.07, 6.45) is 0. The van der Waals surface area contributed by atoms with Gasteiger partial charge in [0.25, 0.3) is 0 Å². The Morgan fingerprint density at radius 3 is 2.22 bits per heavy atom. The van der Waals surface area contributed by atoms with Gasteiger partial charge in [-0.25, -0.2) is 8.42 Å². The maximum absolute atomic E-state index is 12.3. The molecule has 1 aromatic rings. The van der Waals surface area contributed by atoms with Crippen molar-refractivity contribution in [2.45, 2.75) is 4.90 Å². The first-order valence-corrected chi connectivity index (χ1v) is 8.46. The molecule has 0 N–H and O–H groups in total. The lowest BCUT2D eigenvalue weighted by Crippen LogP contribution is -2.41. The van der Waals surface area contributed by atoms with Crippen molar-refractivity contribution in [3.8, 4) is 5.75 Å². The molecule has 0 aromatic heterocycles. The zero-order valence-electron chi connectivity index (χ0n) is 10.0. The van der Waals surface area contributed by atoms with Crippen LogP contribution in [-0.2, 0) is 20.8 Å². The van der Waals surface area contributed by atoms with Crippen LogP contribution in [0.3, 0.4) is 0 Å². The largest absolute Gasteiger partial charge is 0.497 e. The number of ether oxygens (including phenoxy) is 1. The number of sulfonamides is 1. The van der Waals surface area contributed by atoms with E-state index in [-0.39, 0.29) is 4.90 Å². The quantitative estimate of drug-likeness (QED) is 0.810. The average Bonchev–Trinajstić information content (AvgIpc) is 2.39. The van der Waals surface area contributed by atoms with Gasteiger partial charge in [-0.1, -0.05) is 0 Å². The summed E-state index contributed by atoms with van der Waals surface area (Å²) in [6.45, 7) is 0.641. The van der Waals surface area contributed by atoms with E-state index in [9.17, 15) is 12.6 Å². The monoisotopic (exact) mass is 289 g/mol. The standard InChI is InChI=1S/C11H15NO4S2/c1-16-10-2-4-11(5-3-10)18(14,15)12-6-8-17(13)9-7-12/h2-5H,6-9H2,1H3. The van der Waals surface area contributed by atoms with Crippen LogP contribution < -0.4 is 4.74 Å². The van der Waals surface area contributed by atoms with Gasteiger partial charge in [-0.3, -0.25) is 4.21 Å². The van der Waals surface area contributed by atoms with E-state index in [4.69, 9.17) is 4.74 Å². The summed E-state index contributed by atoms with van der Waals surface area (Å²) in [6, 6.07) is 6.30. The van der Waals surface area contributed by atoms with Gasteiger partial charge in [-0.15, -0.1) is 0 Å². The van der Waals surface area contributed by atoms with Crippen LogP contribution in [0.25, 0.3) is 0 Å². The van der Waals surface area contributed by atoms with Gasteiger partial charge in [-0.05, 0) is 24.3 Å². The Kier molecular flexibility index (Phi) is 4.04. The smallest absolute Gasteiger partial charge is 0.243 e. The van der Waals surface area contributed by atoms with Gasteiger partial charge in [0.05, 0.1) is 12.0 Å².